The quantitative estimate of drug-likeness (QED) is 0.614. The summed E-state index contributed by atoms with van der Waals surface area (Å²) in [6.45, 7) is 0.380. The van der Waals surface area contributed by atoms with Gasteiger partial charge < -0.3 is 19.9 Å². The van der Waals surface area contributed by atoms with E-state index in [1.54, 1.807) is 0 Å². The highest BCUT2D eigenvalue weighted by atomic mass is 16.5. The highest BCUT2D eigenvalue weighted by molar-refractivity contribution is 5.94. The second-order valence-electron chi connectivity index (χ2n) is 4.50. The summed E-state index contributed by atoms with van der Waals surface area (Å²) in [5.74, 6) is -0.161. The third kappa shape index (κ3) is 2.63. The molecule has 1 amide bonds. The molecule has 0 unspecified atom stereocenters. The molecule has 1 aromatic carbocycles. The first-order valence-electron chi connectivity index (χ1n) is 6.59. The minimum Gasteiger partial charge on any atom is -0.396 e. The summed E-state index contributed by atoms with van der Waals surface area (Å²) in [7, 11) is 0. The Hall–Kier alpha value is -2.67. The number of aliphatic hydroxyl groups is 1. The van der Waals surface area contributed by atoms with Crippen LogP contribution in [0.1, 0.15) is 17.1 Å². The molecule has 3 rings (SSSR count). The van der Waals surface area contributed by atoms with Gasteiger partial charge in [-0.1, -0.05) is 17.3 Å². The van der Waals surface area contributed by atoms with E-state index in [-0.39, 0.29) is 12.5 Å². The molecule has 0 aliphatic heterocycles. The van der Waals surface area contributed by atoms with Gasteiger partial charge >= 0.3 is 11.8 Å². The monoisotopic (exact) mass is 286 g/mol. The summed E-state index contributed by atoms with van der Waals surface area (Å²) < 4.78 is 4.99. The summed E-state index contributed by atoms with van der Waals surface area (Å²) >= 11 is 0. The zero-order valence-corrected chi connectivity index (χ0v) is 11.2. The zero-order valence-electron chi connectivity index (χ0n) is 11.2. The van der Waals surface area contributed by atoms with Crippen molar-refractivity contribution in [2.75, 3.05) is 13.2 Å². The van der Waals surface area contributed by atoms with Gasteiger partial charge in [-0.3, -0.25) is 4.79 Å². The van der Waals surface area contributed by atoms with Gasteiger partial charge in [0.15, 0.2) is 0 Å². The van der Waals surface area contributed by atoms with Crippen LogP contribution in [0.15, 0.2) is 35.0 Å². The third-order valence-corrected chi connectivity index (χ3v) is 3.08. The maximum Gasteiger partial charge on any atom is 0.316 e. The maximum atomic E-state index is 11.8. The van der Waals surface area contributed by atoms with Crippen LogP contribution in [0.3, 0.4) is 0 Å². The summed E-state index contributed by atoms with van der Waals surface area (Å²) in [6.07, 6.45) is 2.31. The van der Waals surface area contributed by atoms with E-state index < -0.39 is 5.91 Å². The molecule has 0 fully saturated rings. The standard InChI is InChI=1S/C14H14N4O3/c19-8-2-6-16-13(20)14-17-12(18-21-14)10-3-1-4-11-9(10)5-7-15-11/h1,3-5,7,15,19H,2,6,8H2,(H,16,20). The second kappa shape index (κ2) is 5.76. The van der Waals surface area contributed by atoms with Gasteiger partial charge in [0.25, 0.3) is 0 Å². The Labute approximate surface area is 120 Å². The van der Waals surface area contributed by atoms with E-state index in [4.69, 9.17) is 9.63 Å². The Morgan fingerprint density at radius 1 is 1.38 bits per heavy atom. The molecule has 7 heteroatoms. The van der Waals surface area contributed by atoms with Crippen molar-refractivity contribution in [2.24, 2.45) is 0 Å². The smallest absolute Gasteiger partial charge is 0.316 e. The zero-order chi connectivity index (χ0) is 14.7. The van der Waals surface area contributed by atoms with Gasteiger partial charge in [0, 0.05) is 35.8 Å². The van der Waals surface area contributed by atoms with Crippen molar-refractivity contribution in [3.05, 3.63) is 36.4 Å². The predicted octanol–water partition coefficient (Wildman–Crippen LogP) is 1.33. The largest absolute Gasteiger partial charge is 0.396 e. The number of carbonyl (C=O) groups is 1. The molecule has 108 valence electrons. The number of rotatable bonds is 5. The minimum atomic E-state index is -0.441. The van der Waals surface area contributed by atoms with Crippen LogP contribution < -0.4 is 5.32 Å². The van der Waals surface area contributed by atoms with E-state index in [9.17, 15) is 4.79 Å². The Bertz CT molecular complexity index is 762. The third-order valence-electron chi connectivity index (χ3n) is 3.08. The van der Waals surface area contributed by atoms with Gasteiger partial charge in [0.05, 0.1) is 0 Å². The number of benzene rings is 1. The fraction of sp³-hybridized carbons (Fsp3) is 0.214. The molecular weight excluding hydrogens is 272 g/mol. The number of hydrogen-bond donors (Lipinski definition) is 3. The number of nitrogens with zero attached hydrogens (tertiary/aromatic N) is 2. The van der Waals surface area contributed by atoms with Gasteiger partial charge in [-0.25, -0.2) is 0 Å². The van der Waals surface area contributed by atoms with Crippen LogP contribution in [0.25, 0.3) is 22.3 Å². The second-order valence-corrected chi connectivity index (χ2v) is 4.50. The molecule has 0 atom stereocenters. The Morgan fingerprint density at radius 3 is 3.14 bits per heavy atom. The fourth-order valence-corrected chi connectivity index (χ4v) is 2.06. The van der Waals surface area contributed by atoms with E-state index in [0.29, 0.717) is 18.8 Å². The fourth-order valence-electron chi connectivity index (χ4n) is 2.06. The number of aliphatic hydroxyl groups excluding tert-OH is 1. The van der Waals surface area contributed by atoms with Crippen molar-refractivity contribution in [1.29, 1.82) is 0 Å². The van der Waals surface area contributed by atoms with E-state index in [1.807, 2.05) is 30.5 Å². The lowest BCUT2D eigenvalue weighted by atomic mass is 10.1. The van der Waals surface area contributed by atoms with Gasteiger partial charge in [0.1, 0.15) is 0 Å². The average molecular weight is 286 g/mol. The lowest BCUT2D eigenvalue weighted by molar-refractivity contribution is 0.0907. The van der Waals surface area contributed by atoms with Crippen molar-refractivity contribution in [2.45, 2.75) is 6.42 Å². The van der Waals surface area contributed by atoms with E-state index in [0.717, 1.165) is 16.5 Å². The first kappa shape index (κ1) is 13.3. The lowest BCUT2D eigenvalue weighted by Crippen LogP contribution is -2.25. The molecule has 0 saturated heterocycles. The van der Waals surface area contributed by atoms with Gasteiger partial charge in [-0.05, 0) is 18.6 Å². The van der Waals surface area contributed by atoms with Crippen molar-refractivity contribution in [3.8, 4) is 11.4 Å². The molecule has 0 spiro atoms. The molecule has 0 aliphatic rings. The molecule has 0 radical (unpaired) electrons. The van der Waals surface area contributed by atoms with Crippen LogP contribution >= 0.6 is 0 Å². The van der Waals surface area contributed by atoms with Crippen molar-refractivity contribution in [3.63, 3.8) is 0 Å². The van der Waals surface area contributed by atoms with Gasteiger partial charge in [-0.2, -0.15) is 4.98 Å². The lowest BCUT2D eigenvalue weighted by Gasteiger charge is -1.98. The van der Waals surface area contributed by atoms with Crippen LogP contribution in [0.5, 0.6) is 0 Å². The molecule has 7 nitrogen and oxygen atoms in total. The topological polar surface area (TPSA) is 104 Å². The number of nitrogens with one attached hydrogen (secondary N) is 2. The predicted molar refractivity (Wildman–Crippen MR) is 75.6 cm³/mol. The highest BCUT2D eigenvalue weighted by Gasteiger charge is 2.17. The minimum absolute atomic E-state index is 0.0187. The summed E-state index contributed by atoms with van der Waals surface area (Å²) in [4.78, 5) is 19.0. The average Bonchev–Trinajstić information content (AvgIpc) is 3.16. The molecule has 0 aliphatic carbocycles. The summed E-state index contributed by atoms with van der Waals surface area (Å²) in [5.41, 5.74) is 1.76. The Balaban J connectivity index is 1.85. The molecule has 21 heavy (non-hydrogen) atoms. The first-order valence-corrected chi connectivity index (χ1v) is 6.59. The van der Waals surface area contributed by atoms with Crippen LogP contribution in [0.4, 0.5) is 0 Å². The normalized spacial score (nSPS) is 10.9. The van der Waals surface area contributed by atoms with Crippen LogP contribution in [-0.2, 0) is 0 Å². The van der Waals surface area contributed by atoms with Crippen LogP contribution in [0.2, 0.25) is 0 Å². The molecule has 0 saturated carbocycles. The first-order chi connectivity index (χ1) is 10.3. The summed E-state index contributed by atoms with van der Waals surface area (Å²) in [6, 6.07) is 7.61. The number of amides is 1. The highest BCUT2D eigenvalue weighted by Crippen LogP contribution is 2.25. The number of aromatic amines is 1. The number of fused-ring (bicyclic) bond motifs is 1. The van der Waals surface area contributed by atoms with E-state index >= 15 is 0 Å². The SMILES string of the molecule is O=C(NCCCO)c1nc(-c2cccc3[nH]ccc23)no1. The maximum absolute atomic E-state index is 11.8. The van der Waals surface area contributed by atoms with Crippen molar-refractivity contribution < 1.29 is 14.4 Å². The van der Waals surface area contributed by atoms with Gasteiger partial charge in [-0.15, -0.1) is 0 Å². The van der Waals surface area contributed by atoms with Crippen LogP contribution in [-0.4, -0.2) is 39.3 Å². The van der Waals surface area contributed by atoms with E-state index in [1.165, 1.54) is 0 Å². The molecule has 3 aromatic rings. The van der Waals surface area contributed by atoms with Crippen molar-refractivity contribution >= 4 is 16.8 Å². The molecule has 3 N–H and O–H groups in total. The number of hydrogen-bond acceptors (Lipinski definition) is 5. The molecule has 2 aromatic heterocycles. The van der Waals surface area contributed by atoms with Crippen LogP contribution in [0, 0.1) is 0 Å². The number of carbonyl (C=O) groups excluding carboxylic acids is 1. The number of aromatic nitrogens is 3. The van der Waals surface area contributed by atoms with Gasteiger partial charge in [0.2, 0.25) is 5.82 Å². The van der Waals surface area contributed by atoms with E-state index in [2.05, 4.69) is 20.4 Å². The Kier molecular flexibility index (Phi) is 3.65. The Morgan fingerprint density at radius 2 is 2.29 bits per heavy atom. The molecule has 2 heterocycles. The number of H-pyrrole nitrogens is 1. The molecular formula is C14H14N4O3. The van der Waals surface area contributed by atoms with Crippen molar-refractivity contribution in [1.82, 2.24) is 20.4 Å². The summed E-state index contributed by atoms with van der Waals surface area (Å²) in [5, 5.41) is 16.1. The molecule has 0 bridgehead atoms.